The molecule has 0 amide bonds. The van der Waals surface area contributed by atoms with Gasteiger partial charge in [-0.05, 0) is 12.0 Å². The SMILES string of the molecule is C=C(C(=O)[O-])C(C=O)CCCCCCCCCCCCCCCC.[Na+]. The molecule has 0 fully saturated rings. The molecular formula is C21H37NaO3. The molecule has 1 unspecified atom stereocenters. The Hall–Kier alpha value is -0.120. The molecule has 1 atom stereocenters. The van der Waals surface area contributed by atoms with Crippen molar-refractivity contribution in [3.8, 4) is 0 Å². The molecule has 4 heteroatoms. The minimum absolute atomic E-state index is 0. The number of rotatable bonds is 18. The van der Waals surface area contributed by atoms with E-state index in [1.165, 1.54) is 77.0 Å². The Kier molecular flexibility index (Phi) is 21.9. The monoisotopic (exact) mass is 360 g/mol. The van der Waals surface area contributed by atoms with Crippen LogP contribution in [0.15, 0.2) is 12.2 Å². The normalized spacial score (nSPS) is 11.6. The maximum absolute atomic E-state index is 10.9. The summed E-state index contributed by atoms with van der Waals surface area (Å²) in [5.41, 5.74) is -0.0836. The van der Waals surface area contributed by atoms with Gasteiger partial charge in [0, 0.05) is 5.92 Å². The summed E-state index contributed by atoms with van der Waals surface area (Å²) in [6.45, 7) is 5.67. The molecule has 25 heavy (non-hydrogen) atoms. The van der Waals surface area contributed by atoms with Crippen LogP contribution in [0.1, 0.15) is 103 Å². The van der Waals surface area contributed by atoms with E-state index in [-0.39, 0.29) is 35.1 Å². The number of carboxylic acid groups (broad SMARTS) is 1. The maximum atomic E-state index is 10.9. The molecule has 3 nitrogen and oxygen atoms in total. The van der Waals surface area contributed by atoms with Gasteiger partial charge in [0.25, 0.3) is 0 Å². The molecule has 0 aliphatic carbocycles. The van der Waals surface area contributed by atoms with Gasteiger partial charge in [0.1, 0.15) is 6.29 Å². The van der Waals surface area contributed by atoms with Gasteiger partial charge in [-0.2, -0.15) is 0 Å². The zero-order valence-corrected chi connectivity index (χ0v) is 18.7. The Bertz CT molecular complexity index is 342. The van der Waals surface area contributed by atoms with Gasteiger partial charge in [-0.1, -0.05) is 103 Å². The number of hydrogen-bond donors (Lipinski definition) is 0. The van der Waals surface area contributed by atoms with Gasteiger partial charge >= 0.3 is 29.6 Å². The van der Waals surface area contributed by atoms with E-state index < -0.39 is 11.9 Å². The second-order valence-electron chi connectivity index (χ2n) is 6.94. The van der Waals surface area contributed by atoms with Crippen molar-refractivity contribution < 1.29 is 44.3 Å². The fourth-order valence-electron chi connectivity index (χ4n) is 3.03. The van der Waals surface area contributed by atoms with E-state index in [1.807, 2.05) is 0 Å². The molecule has 0 rings (SSSR count). The maximum Gasteiger partial charge on any atom is 1.00 e. The van der Waals surface area contributed by atoms with Crippen molar-refractivity contribution in [3.05, 3.63) is 12.2 Å². The first-order valence-corrected chi connectivity index (χ1v) is 9.98. The zero-order chi connectivity index (χ0) is 18.0. The van der Waals surface area contributed by atoms with Crippen molar-refractivity contribution >= 4 is 12.3 Å². The average Bonchev–Trinajstić information content (AvgIpc) is 2.58. The Morgan fingerprint density at radius 1 is 0.840 bits per heavy atom. The number of carbonyl (C=O) groups excluding carboxylic acids is 2. The van der Waals surface area contributed by atoms with Crippen LogP contribution in [-0.4, -0.2) is 12.3 Å². The molecular weight excluding hydrogens is 323 g/mol. The minimum atomic E-state index is -1.31. The Morgan fingerprint density at radius 3 is 1.52 bits per heavy atom. The summed E-state index contributed by atoms with van der Waals surface area (Å²) < 4.78 is 0. The molecule has 0 saturated carbocycles. The topological polar surface area (TPSA) is 57.2 Å². The molecule has 0 spiro atoms. The molecule has 0 heterocycles. The van der Waals surface area contributed by atoms with Gasteiger partial charge in [0.2, 0.25) is 0 Å². The van der Waals surface area contributed by atoms with Crippen molar-refractivity contribution in [2.24, 2.45) is 5.92 Å². The Morgan fingerprint density at radius 2 is 1.20 bits per heavy atom. The fraction of sp³-hybridized carbons (Fsp3) is 0.810. The fourth-order valence-corrected chi connectivity index (χ4v) is 3.03. The van der Waals surface area contributed by atoms with Crippen LogP contribution in [-0.2, 0) is 9.59 Å². The van der Waals surface area contributed by atoms with Crippen molar-refractivity contribution in [1.29, 1.82) is 0 Å². The Labute approximate surface area is 177 Å². The van der Waals surface area contributed by atoms with Crippen LogP contribution in [0.2, 0.25) is 0 Å². The third-order valence-corrected chi connectivity index (χ3v) is 4.74. The van der Waals surface area contributed by atoms with E-state index in [4.69, 9.17) is 0 Å². The van der Waals surface area contributed by atoms with E-state index in [0.29, 0.717) is 12.7 Å². The van der Waals surface area contributed by atoms with Crippen molar-refractivity contribution in [2.45, 2.75) is 103 Å². The predicted octanol–water partition coefficient (Wildman–Crippen LogP) is 1.98. The van der Waals surface area contributed by atoms with Gasteiger partial charge in [-0.25, -0.2) is 0 Å². The van der Waals surface area contributed by atoms with E-state index >= 15 is 0 Å². The standard InChI is InChI=1S/C21H38O3.Na/c1-3-4-5-6-7-8-9-10-11-12-13-14-15-16-17-20(18-22)19(2)21(23)24;/h18,20H,2-17H2,1H3,(H,23,24);/q;+1/p-1. The number of aliphatic carboxylic acids is 1. The molecule has 0 radical (unpaired) electrons. The van der Waals surface area contributed by atoms with Gasteiger partial charge in [0.15, 0.2) is 0 Å². The molecule has 0 aromatic carbocycles. The first-order chi connectivity index (χ1) is 11.6. The molecule has 0 aromatic heterocycles. The first kappa shape index (κ1) is 27.1. The second-order valence-corrected chi connectivity index (χ2v) is 6.94. The summed E-state index contributed by atoms with van der Waals surface area (Å²) >= 11 is 0. The van der Waals surface area contributed by atoms with Gasteiger partial charge in [-0.3, -0.25) is 0 Å². The number of hydrogen-bond acceptors (Lipinski definition) is 3. The summed E-state index contributed by atoms with van der Waals surface area (Å²) in [6.07, 6.45) is 19.2. The van der Waals surface area contributed by atoms with Crippen molar-refractivity contribution in [3.63, 3.8) is 0 Å². The number of aldehydes is 1. The number of carboxylic acids is 1. The minimum Gasteiger partial charge on any atom is -0.545 e. The molecule has 0 bridgehead atoms. The second kappa shape index (κ2) is 20.2. The van der Waals surface area contributed by atoms with E-state index in [9.17, 15) is 14.7 Å². The quantitative estimate of drug-likeness (QED) is 0.163. The van der Waals surface area contributed by atoms with Gasteiger partial charge < -0.3 is 14.7 Å². The van der Waals surface area contributed by atoms with Crippen LogP contribution in [0.5, 0.6) is 0 Å². The molecule has 0 aliphatic heterocycles. The summed E-state index contributed by atoms with van der Waals surface area (Å²) in [7, 11) is 0. The van der Waals surface area contributed by atoms with Crippen LogP contribution in [0.3, 0.4) is 0 Å². The van der Waals surface area contributed by atoms with E-state index in [0.717, 1.165) is 12.8 Å². The van der Waals surface area contributed by atoms with E-state index in [1.54, 1.807) is 0 Å². The van der Waals surface area contributed by atoms with Gasteiger partial charge in [0.05, 0.1) is 5.97 Å². The van der Waals surface area contributed by atoms with Gasteiger partial charge in [-0.15, -0.1) is 0 Å². The van der Waals surface area contributed by atoms with Crippen molar-refractivity contribution in [1.82, 2.24) is 0 Å². The van der Waals surface area contributed by atoms with Crippen LogP contribution >= 0.6 is 0 Å². The largest absolute Gasteiger partial charge is 1.00 e. The molecule has 0 N–H and O–H groups in total. The van der Waals surface area contributed by atoms with Crippen LogP contribution < -0.4 is 34.7 Å². The van der Waals surface area contributed by atoms with Crippen LogP contribution in [0, 0.1) is 5.92 Å². The molecule has 0 aromatic rings. The third-order valence-electron chi connectivity index (χ3n) is 4.74. The summed E-state index contributed by atoms with van der Waals surface area (Å²) in [6, 6.07) is 0. The average molecular weight is 361 g/mol. The van der Waals surface area contributed by atoms with Crippen LogP contribution in [0.4, 0.5) is 0 Å². The smallest absolute Gasteiger partial charge is 0.545 e. The molecule has 140 valence electrons. The summed E-state index contributed by atoms with van der Waals surface area (Å²) in [5, 5.41) is 10.7. The van der Waals surface area contributed by atoms with Crippen molar-refractivity contribution in [2.75, 3.05) is 0 Å². The predicted molar refractivity (Wildman–Crippen MR) is 98.6 cm³/mol. The number of unbranched alkanes of at least 4 members (excludes halogenated alkanes) is 13. The molecule has 0 aliphatic rings. The summed E-state index contributed by atoms with van der Waals surface area (Å²) in [4.78, 5) is 21.5. The Balaban J connectivity index is 0. The number of carbonyl (C=O) groups is 2. The first-order valence-electron chi connectivity index (χ1n) is 9.98. The summed E-state index contributed by atoms with van der Waals surface area (Å²) in [5.74, 6) is -1.88. The molecule has 0 saturated heterocycles. The van der Waals surface area contributed by atoms with Crippen LogP contribution in [0.25, 0.3) is 0 Å². The third kappa shape index (κ3) is 17.1. The zero-order valence-electron chi connectivity index (χ0n) is 16.7. The van der Waals surface area contributed by atoms with E-state index in [2.05, 4.69) is 13.5 Å².